The molecule has 1 aliphatic heterocycles. The molecule has 1 fully saturated rings. The Morgan fingerprint density at radius 3 is 2.77 bits per heavy atom. The number of nitrogens with zero attached hydrogens (tertiary/aromatic N) is 3. The Kier molecular flexibility index (Phi) is 6.53. The molecule has 0 unspecified atom stereocenters. The van der Waals surface area contributed by atoms with Crippen LogP contribution in [0.2, 0.25) is 0 Å². The highest BCUT2D eigenvalue weighted by atomic mass is 32.1. The summed E-state index contributed by atoms with van der Waals surface area (Å²) in [6.07, 6.45) is 3.50. The van der Waals surface area contributed by atoms with E-state index in [-0.39, 0.29) is 5.41 Å². The quantitative estimate of drug-likeness (QED) is 0.560. The molecule has 0 aliphatic carbocycles. The number of anilines is 1. The number of thiophene rings is 1. The molecule has 1 aliphatic rings. The second kappa shape index (κ2) is 8.86. The number of nitrogens with one attached hydrogen (secondary N) is 2. The second-order valence-corrected chi connectivity index (χ2v) is 9.06. The summed E-state index contributed by atoms with van der Waals surface area (Å²) in [6.45, 7) is 8.51. The first-order valence-corrected chi connectivity index (χ1v) is 11.0. The van der Waals surface area contributed by atoms with Crippen LogP contribution in [0.15, 0.2) is 27.9 Å². The van der Waals surface area contributed by atoms with Crippen LogP contribution >= 0.6 is 22.7 Å². The van der Waals surface area contributed by atoms with Crippen molar-refractivity contribution in [3.8, 4) is 0 Å². The lowest BCUT2D eigenvalue weighted by atomic mass is 9.91. The van der Waals surface area contributed by atoms with Crippen molar-refractivity contribution in [3.63, 3.8) is 0 Å². The van der Waals surface area contributed by atoms with Gasteiger partial charge in [0.25, 0.3) is 0 Å². The van der Waals surface area contributed by atoms with Crippen LogP contribution in [0.5, 0.6) is 0 Å². The van der Waals surface area contributed by atoms with Crippen LogP contribution in [-0.2, 0) is 11.8 Å². The fourth-order valence-electron chi connectivity index (χ4n) is 3.05. The molecule has 2 N–H and O–H groups in total. The third kappa shape index (κ3) is 4.98. The van der Waals surface area contributed by atoms with Gasteiger partial charge in [0, 0.05) is 55.3 Å². The number of hydrogen-bond donors (Lipinski definition) is 2. The Morgan fingerprint density at radius 1 is 1.27 bits per heavy atom. The molecule has 7 heteroatoms. The summed E-state index contributed by atoms with van der Waals surface area (Å²) in [5.41, 5.74) is 1.25. The fourth-order valence-corrected chi connectivity index (χ4v) is 4.82. The van der Waals surface area contributed by atoms with Crippen molar-refractivity contribution in [1.29, 1.82) is 0 Å². The molecule has 0 spiro atoms. The van der Waals surface area contributed by atoms with Crippen LogP contribution in [0.3, 0.4) is 0 Å². The van der Waals surface area contributed by atoms with Gasteiger partial charge in [0.15, 0.2) is 11.1 Å². The lowest BCUT2D eigenvalue weighted by Gasteiger charge is -2.25. The minimum Gasteiger partial charge on any atom is -0.356 e. The van der Waals surface area contributed by atoms with Gasteiger partial charge in [-0.15, -0.1) is 22.7 Å². The van der Waals surface area contributed by atoms with Gasteiger partial charge in [0.1, 0.15) is 0 Å². The summed E-state index contributed by atoms with van der Waals surface area (Å²) < 4.78 is 0. The summed E-state index contributed by atoms with van der Waals surface area (Å²) in [5.74, 6) is 0.852. The SMILES string of the molecule is CN=C(NCCc1csc(N2CCCC2)n1)NCC(C)(C)c1cccs1. The number of aromatic nitrogens is 1. The zero-order valence-corrected chi connectivity index (χ0v) is 17.6. The Hall–Kier alpha value is -1.60. The summed E-state index contributed by atoms with van der Waals surface area (Å²) in [4.78, 5) is 12.9. The minimum absolute atomic E-state index is 0.0886. The van der Waals surface area contributed by atoms with Crippen LogP contribution in [0.1, 0.15) is 37.3 Å². The van der Waals surface area contributed by atoms with E-state index in [2.05, 4.69) is 57.3 Å². The molecule has 5 nitrogen and oxygen atoms in total. The molecule has 1 saturated heterocycles. The van der Waals surface area contributed by atoms with E-state index >= 15 is 0 Å². The van der Waals surface area contributed by atoms with Gasteiger partial charge in [-0.1, -0.05) is 19.9 Å². The zero-order chi connectivity index (χ0) is 18.4. The lowest BCUT2D eigenvalue weighted by molar-refractivity contribution is 0.518. The lowest BCUT2D eigenvalue weighted by Crippen LogP contribution is -2.43. The maximum Gasteiger partial charge on any atom is 0.191 e. The Bertz CT molecular complexity index is 699. The topological polar surface area (TPSA) is 52.6 Å². The predicted octanol–water partition coefficient (Wildman–Crippen LogP) is 3.49. The summed E-state index contributed by atoms with van der Waals surface area (Å²) >= 11 is 3.57. The first kappa shape index (κ1) is 19.2. The van der Waals surface area contributed by atoms with Crippen molar-refractivity contribution in [2.45, 2.75) is 38.5 Å². The first-order chi connectivity index (χ1) is 12.6. The molecule has 3 rings (SSSR count). The summed E-state index contributed by atoms with van der Waals surface area (Å²) in [5, 5.41) is 12.4. The molecular formula is C19H29N5S2. The van der Waals surface area contributed by atoms with Crippen molar-refractivity contribution in [3.05, 3.63) is 33.5 Å². The average Bonchev–Trinajstić information content (AvgIpc) is 3.39. The van der Waals surface area contributed by atoms with Crippen LogP contribution in [-0.4, -0.2) is 44.2 Å². The van der Waals surface area contributed by atoms with Gasteiger partial charge in [0.05, 0.1) is 5.69 Å². The Morgan fingerprint density at radius 2 is 2.08 bits per heavy atom. The molecule has 3 heterocycles. The highest BCUT2D eigenvalue weighted by Crippen LogP contribution is 2.26. The zero-order valence-electron chi connectivity index (χ0n) is 15.9. The van der Waals surface area contributed by atoms with E-state index in [0.717, 1.165) is 38.6 Å². The van der Waals surface area contributed by atoms with Gasteiger partial charge in [-0.3, -0.25) is 4.99 Å². The van der Waals surface area contributed by atoms with Crippen molar-refractivity contribution in [2.75, 3.05) is 38.1 Å². The van der Waals surface area contributed by atoms with E-state index in [1.165, 1.54) is 28.5 Å². The van der Waals surface area contributed by atoms with Gasteiger partial charge < -0.3 is 15.5 Å². The number of aliphatic imine (C=N–C) groups is 1. The molecule has 0 aromatic carbocycles. The number of thiazole rings is 1. The highest BCUT2D eigenvalue weighted by molar-refractivity contribution is 7.13. The molecule has 0 saturated carbocycles. The largest absolute Gasteiger partial charge is 0.356 e. The first-order valence-electron chi connectivity index (χ1n) is 9.26. The van der Waals surface area contributed by atoms with Crippen molar-refractivity contribution in [2.24, 2.45) is 4.99 Å². The van der Waals surface area contributed by atoms with Gasteiger partial charge in [0.2, 0.25) is 0 Å². The van der Waals surface area contributed by atoms with Crippen molar-refractivity contribution in [1.82, 2.24) is 15.6 Å². The minimum atomic E-state index is 0.0886. The molecular weight excluding hydrogens is 362 g/mol. The molecule has 2 aromatic rings. The molecule has 26 heavy (non-hydrogen) atoms. The maximum absolute atomic E-state index is 4.78. The number of rotatable bonds is 7. The third-order valence-electron chi connectivity index (χ3n) is 4.70. The molecule has 0 radical (unpaired) electrons. The maximum atomic E-state index is 4.78. The Balaban J connectivity index is 1.43. The van der Waals surface area contributed by atoms with Crippen LogP contribution in [0, 0.1) is 0 Å². The molecule has 0 amide bonds. The molecule has 0 atom stereocenters. The van der Waals surface area contributed by atoms with Gasteiger partial charge in [-0.05, 0) is 24.3 Å². The van der Waals surface area contributed by atoms with Crippen LogP contribution < -0.4 is 15.5 Å². The molecule has 142 valence electrons. The number of guanidine groups is 1. The van der Waals surface area contributed by atoms with Crippen molar-refractivity contribution >= 4 is 33.8 Å². The van der Waals surface area contributed by atoms with E-state index in [9.17, 15) is 0 Å². The standard InChI is InChI=1S/C19H29N5S2/c1-19(2,16-7-6-12-25-16)14-22-17(20-3)21-9-8-15-13-26-18(23-15)24-10-4-5-11-24/h6-7,12-13H,4-5,8-11,14H2,1-3H3,(H2,20,21,22). The van der Waals surface area contributed by atoms with Gasteiger partial charge in [-0.2, -0.15) is 0 Å². The summed E-state index contributed by atoms with van der Waals surface area (Å²) in [6, 6.07) is 4.31. The van der Waals surface area contributed by atoms with Gasteiger partial charge >= 0.3 is 0 Å². The Labute approximate surface area is 164 Å². The third-order valence-corrected chi connectivity index (χ3v) is 6.89. The van der Waals surface area contributed by atoms with E-state index in [1.807, 2.05) is 7.05 Å². The normalized spacial score (nSPS) is 15.5. The van der Waals surface area contributed by atoms with E-state index in [1.54, 1.807) is 22.7 Å². The monoisotopic (exact) mass is 391 g/mol. The molecule has 2 aromatic heterocycles. The van der Waals surface area contributed by atoms with Crippen LogP contribution in [0.25, 0.3) is 0 Å². The van der Waals surface area contributed by atoms with Gasteiger partial charge in [-0.25, -0.2) is 4.98 Å². The number of hydrogen-bond acceptors (Lipinski definition) is 5. The van der Waals surface area contributed by atoms with E-state index < -0.39 is 0 Å². The van der Waals surface area contributed by atoms with Crippen molar-refractivity contribution < 1.29 is 0 Å². The smallest absolute Gasteiger partial charge is 0.191 e. The highest BCUT2D eigenvalue weighted by Gasteiger charge is 2.22. The van der Waals surface area contributed by atoms with E-state index in [0.29, 0.717) is 0 Å². The molecule has 0 bridgehead atoms. The fraction of sp³-hybridized carbons (Fsp3) is 0.579. The summed E-state index contributed by atoms with van der Waals surface area (Å²) in [7, 11) is 1.82. The second-order valence-electron chi connectivity index (χ2n) is 7.28. The predicted molar refractivity (Wildman–Crippen MR) is 114 cm³/mol. The van der Waals surface area contributed by atoms with Crippen LogP contribution in [0.4, 0.5) is 5.13 Å². The van der Waals surface area contributed by atoms with E-state index in [4.69, 9.17) is 4.98 Å². The average molecular weight is 392 g/mol.